The first-order valence-corrected chi connectivity index (χ1v) is 4.83. The Morgan fingerprint density at radius 2 is 2.47 bits per heavy atom. The van der Waals surface area contributed by atoms with Crippen LogP contribution in [0, 0.1) is 0 Å². The summed E-state index contributed by atoms with van der Waals surface area (Å²) in [5.41, 5.74) is 8.30. The third-order valence-electron chi connectivity index (χ3n) is 2.52. The predicted molar refractivity (Wildman–Crippen MR) is 53.9 cm³/mol. The van der Waals surface area contributed by atoms with Gasteiger partial charge < -0.3 is 20.4 Å². The number of hydrogen-bond donors (Lipinski definition) is 2. The number of rotatable bonds is 3. The van der Waals surface area contributed by atoms with Crippen LogP contribution in [0.5, 0.6) is 0 Å². The van der Waals surface area contributed by atoms with Crippen LogP contribution in [0.1, 0.15) is 23.0 Å². The van der Waals surface area contributed by atoms with Crippen molar-refractivity contribution in [1.82, 2.24) is 0 Å². The number of aldehydes is 1. The zero-order valence-corrected chi connectivity index (χ0v) is 8.22. The fourth-order valence-electron chi connectivity index (χ4n) is 1.73. The maximum atomic E-state index is 10.4. The molecule has 0 aromatic heterocycles. The summed E-state index contributed by atoms with van der Waals surface area (Å²) in [5.74, 6) is 0. The largest absolute Gasteiger partial charge is 0.364 e. The van der Waals surface area contributed by atoms with Crippen molar-refractivity contribution in [2.45, 2.75) is 25.4 Å². The monoisotopic (exact) mass is 207 g/mol. The molecule has 1 heterocycles. The predicted octanol–water partition coefficient (Wildman–Crippen LogP) is 0.276. The summed E-state index contributed by atoms with van der Waals surface area (Å²) in [6, 6.07) is 5.14. The van der Waals surface area contributed by atoms with E-state index in [9.17, 15) is 9.90 Å². The van der Waals surface area contributed by atoms with Gasteiger partial charge in [0.1, 0.15) is 6.29 Å². The minimum Gasteiger partial charge on any atom is -0.364 e. The van der Waals surface area contributed by atoms with Crippen molar-refractivity contribution in [2.24, 2.45) is 5.73 Å². The van der Waals surface area contributed by atoms with E-state index in [2.05, 4.69) is 0 Å². The number of carbonyl (C=O) groups is 1. The standard InChI is InChI=1S/C11H13NO3/c12-9(5-13)4-7-1-2-10-8(3-7)6-15-11(10)14/h1-3,5,9,11,14H,4,6,12H2/t9-,11?/m0/s1. The first-order chi connectivity index (χ1) is 7.20. The summed E-state index contributed by atoms with van der Waals surface area (Å²) in [5, 5.41) is 9.40. The molecule has 15 heavy (non-hydrogen) atoms. The van der Waals surface area contributed by atoms with E-state index in [0.29, 0.717) is 13.0 Å². The number of fused-ring (bicyclic) bond motifs is 1. The first-order valence-electron chi connectivity index (χ1n) is 4.83. The van der Waals surface area contributed by atoms with Crippen LogP contribution in [-0.2, 0) is 22.6 Å². The van der Waals surface area contributed by atoms with Gasteiger partial charge in [0, 0.05) is 5.56 Å². The van der Waals surface area contributed by atoms with Gasteiger partial charge in [-0.3, -0.25) is 0 Å². The van der Waals surface area contributed by atoms with Gasteiger partial charge in [0.05, 0.1) is 12.6 Å². The van der Waals surface area contributed by atoms with Crippen molar-refractivity contribution in [3.05, 3.63) is 34.9 Å². The van der Waals surface area contributed by atoms with E-state index >= 15 is 0 Å². The normalized spacial score (nSPS) is 21.1. The highest BCUT2D eigenvalue weighted by Crippen LogP contribution is 2.29. The lowest BCUT2D eigenvalue weighted by atomic mass is 10.0. The van der Waals surface area contributed by atoms with Gasteiger partial charge in [0.25, 0.3) is 0 Å². The number of carbonyl (C=O) groups excluding carboxylic acids is 1. The van der Waals surface area contributed by atoms with Gasteiger partial charge in [0.15, 0.2) is 6.29 Å². The molecule has 0 aliphatic carbocycles. The molecule has 0 saturated carbocycles. The van der Waals surface area contributed by atoms with Gasteiger partial charge in [0.2, 0.25) is 0 Å². The molecule has 1 aromatic rings. The third kappa shape index (κ3) is 2.07. The lowest BCUT2D eigenvalue weighted by Gasteiger charge is -2.06. The Bertz CT molecular complexity index is 378. The molecule has 1 aliphatic heterocycles. The Hall–Kier alpha value is -1.23. The topological polar surface area (TPSA) is 72.6 Å². The highest BCUT2D eigenvalue weighted by atomic mass is 16.6. The van der Waals surface area contributed by atoms with E-state index in [0.717, 1.165) is 23.0 Å². The van der Waals surface area contributed by atoms with Crippen LogP contribution in [0.15, 0.2) is 18.2 Å². The molecule has 0 fully saturated rings. The highest BCUT2D eigenvalue weighted by molar-refractivity contribution is 5.58. The Morgan fingerprint density at radius 3 is 3.20 bits per heavy atom. The molecule has 0 spiro atoms. The zero-order chi connectivity index (χ0) is 10.8. The maximum Gasteiger partial charge on any atom is 0.181 e. The van der Waals surface area contributed by atoms with E-state index in [1.54, 1.807) is 0 Å². The third-order valence-corrected chi connectivity index (χ3v) is 2.52. The average molecular weight is 207 g/mol. The van der Waals surface area contributed by atoms with Crippen LogP contribution >= 0.6 is 0 Å². The Labute approximate surface area is 87.7 Å². The Balaban J connectivity index is 2.19. The minimum absolute atomic E-state index is 0.417. The molecule has 1 aliphatic rings. The number of nitrogens with two attached hydrogens (primary N) is 1. The molecule has 1 unspecified atom stereocenters. The highest BCUT2D eigenvalue weighted by Gasteiger charge is 2.20. The molecule has 0 saturated heterocycles. The summed E-state index contributed by atoms with van der Waals surface area (Å²) in [6.07, 6.45) is 0.444. The molecule has 0 amide bonds. The number of benzene rings is 1. The van der Waals surface area contributed by atoms with E-state index in [4.69, 9.17) is 10.5 Å². The van der Waals surface area contributed by atoms with Crippen LogP contribution in [0.3, 0.4) is 0 Å². The van der Waals surface area contributed by atoms with Gasteiger partial charge >= 0.3 is 0 Å². The molecule has 0 bridgehead atoms. The molecular weight excluding hydrogens is 194 g/mol. The lowest BCUT2D eigenvalue weighted by Crippen LogP contribution is -2.24. The second kappa shape index (κ2) is 4.10. The maximum absolute atomic E-state index is 10.4. The zero-order valence-electron chi connectivity index (χ0n) is 8.22. The van der Waals surface area contributed by atoms with E-state index in [1.165, 1.54) is 0 Å². The second-order valence-electron chi connectivity index (χ2n) is 3.70. The van der Waals surface area contributed by atoms with Crippen LogP contribution in [0.2, 0.25) is 0 Å². The smallest absolute Gasteiger partial charge is 0.181 e. The van der Waals surface area contributed by atoms with Crippen molar-refractivity contribution in [2.75, 3.05) is 0 Å². The van der Waals surface area contributed by atoms with Crippen molar-refractivity contribution in [1.29, 1.82) is 0 Å². The van der Waals surface area contributed by atoms with Crippen LogP contribution in [-0.4, -0.2) is 17.4 Å². The second-order valence-corrected chi connectivity index (χ2v) is 3.70. The van der Waals surface area contributed by atoms with Gasteiger partial charge in [-0.25, -0.2) is 0 Å². The molecule has 2 atom stereocenters. The van der Waals surface area contributed by atoms with Gasteiger partial charge in [-0.15, -0.1) is 0 Å². The van der Waals surface area contributed by atoms with E-state index in [-0.39, 0.29) is 0 Å². The summed E-state index contributed by atoms with van der Waals surface area (Å²) < 4.78 is 5.06. The Morgan fingerprint density at radius 1 is 1.67 bits per heavy atom. The van der Waals surface area contributed by atoms with Crippen molar-refractivity contribution < 1.29 is 14.6 Å². The summed E-state index contributed by atoms with van der Waals surface area (Å²) in [6.45, 7) is 0.417. The minimum atomic E-state index is -0.811. The average Bonchev–Trinajstić information content (AvgIpc) is 2.60. The van der Waals surface area contributed by atoms with Crippen molar-refractivity contribution >= 4 is 6.29 Å². The molecule has 3 N–H and O–H groups in total. The van der Waals surface area contributed by atoms with Gasteiger partial charge in [-0.1, -0.05) is 18.2 Å². The molecule has 4 heteroatoms. The summed E-state index contributed by atoms with van der Waals surface area (Å²) in [4.78, 5) is 10.4. The van der Waals surface area contributed by atoms with Gasteiger partial charge in [-0.2, -0.15) is 0 Å². The molecule has 4 nitrogen and oxygen atoms in total. The molecular formula is C11H13NO3. The van der Waals surface area contributed by atoms with Crippen LogP contribution < -0.4 is 5.73 Å². The molecule has 2 rings (SSSR count). The fraction of sp³-hybridized carbons (Fsp3) is 0.364. The number of ether oxygens (including phenoxy) is 1. The Kier molecular flexibility index (Phi) is 2.81. The van der Waals surface area contributed by atoms with Crippen LogP contribution in [0.4, 0.5) is 0 Å². The van der Waals surface area contributed by atoms with Crippen molar-refractivity contribution in [3.63, 3.8) is 0 Å². The lowest BCUT2D eigenvalue weighted by molar-refractivity contribution is -0.108. The molecule has 0 radical (unpaired) electrons. The van der Waals surface area contributed by atoms with E-state index < -0.39 is 12.3 Å². The van der Waals surface area contributed by atoms with Gasteiger partial charge in [-0.05, 0) is 17.5 Å². The quantitative estimate of drug-likeness (QED) is 0.698. The summed E-state index contributed by atoms with van der Waals surface area (Å²) >= 11 is 0. The fourth-order valence-corrected chi connectivity index (χ4v) is 1.73. The SMILES string of the molecule is N[C@H](C=O)Cc1ccc2c(c1)COC2O. The summed E-state index contributed by atoms with van der Waals surface area (Å²) in [7, 11) is 0. The van der Waals surface area contributed by atoms with Crippen molar-refractivity contribution in [3.8, 4) is 0 Å². The number of hydrogen-bond acceptors (Lipinski definition) is 4. The number of aliphatic hydroxyl groups is 1. The van der Waals surface area contributed by atoms with Crippen LogP contribution in [0.25, 0.3) is 0 Å². The first kappa shape index (κ1) is 10.3. The molecule has 1 aromatic carbocycles. The molecule has 80 valence electrons. The number of aliphatic hydroxyl groups excluding tert-OH is 1. The van der Waals surface area contributed by atoms with E-state index in [1.807, 2.05) is 18.2 Å².